The van der Waals surface area contributed by atoms with Gasteiger partial charge in [-0.05, 0) is 13.8 Å². The number of amides is 1. The van der Waals surface area contributed by atoms with Crippen LogP contribution in [0.3, 0.4) is 0 Å². The van der Waals surface area contributed by atoms with Crippen molar-refractivity contribution in [3.63, 3.8) is 0 Å². The molecule has 1 aliphatic heterocycles. The van der Waals surface area contributed by atoms with Gasteiger partial charge in [0.2, 0.25) is 0 Å². The van der Waals surface area contributed by atoms with Crippen LogP contribution in [0.15, 0.2) is 24.9 Å². The molecule has 0 saturated heterocycles. The molecule has 9 heteroatoms. The fourth-order valence-electron chi connectivity index (χ4n) is 3.31. The van der Waals surface area contributed by atoms with Crippen molar-refractivity contribution in [2.24, 2.45) is 7.05 Å². The van der Waals surface area contributed by atoms with Crippen LogP contribution in [0.1, 0.15) is 41.6 Å². The van der Waals surface area contributed by atoms with Gasteiger partial charge in [0, 0.05) is 49.7 Å². The summed E-state index contributed by atoms with van der Waals surface area (Å²) in [5.74, 6) is 0.606. The molecule has 1 amide bonds. The number of aromatic nitrogens is 7. The van der Waals surface area contributed by atoms with Crippen LogP contribution >= 0.6 is 0 Å². The van der Waals surface area contributed by atoms with E-state index in [0.29, 0.717) is 18.8 Å². The van der Waals surface area contributed by atoms with E-state index in [9.17, 15) is 4.79 Å². The SMILES string of the molecule is CC(C)n1cnnc1-c1nn(C)c2c1CN(C(=O)c1cnccn1)CC2. The molecule has 134 valence electrons. The Kier molecular flexibility index (Phi) is 3.98. The highest BCUT2D eigenvalue weighted by atomic mass is 16.2. The zero-order valence-electron chi connectivity index (χ0n) is 15.0. The third-order valence-corrected chi connectivity index (χ3v) is 4.65. The van der Waals surface area contributed by atoms with Crippen LogP contribution in [-0.4, -0.2) is 51.9 Å². The number of hydrogen-bond acceptors (Lipinski definition) is 6. The molecule has 0 bridgehead atoms. The Labute approximate surface area is 150 Å². The molecule has 26 heavy (non-hydrogen) atoms. The molecule has 0 fully saturated rings. The number of rotatable bonds is 3. The van der Waals surface area contributed by atoms with Crippen molar-refractivity contribution in [1.82, 2.24) is 39.4 Å². The number of aryl methyl sites for hydroxylation is 1. The summed E-state index contributed by atoms with van der Waals surface area (Å²) in [4.78, 5) is 22.7. The molecule has 3 aromatic heterocycles. The van der Waals surface area contributed by atoms with Gasteiger partial charge in [0.05, 0.1) is 12.7 Å². The van der Waals surface area contributed by atoms with Crippen LogP contribution < -0.4 is 0 Å². The minimum Gasteiger partial charge on any atom is -0.332 e. The summed E-state index contributed by atoms with van der Waals surface area (Å²) in [6.45, 7) is 5.25. The zero-order valence-corrected chi connectivity index (χ0v) is 15.0. The molecular formula is C17H20N8O. The van der Waals surface area contributed by atoms with Crippen molar-refractivity contribution in [3.05, 3.63) is 41.9 Å². The maximum Gasteiger partial charge on any atom is 0.274 e. The molecule has 4 rings (SSSR count). The maximum absolute atomic E-state index is 12.8. The Morgan fingerprint density at radius 2 is 2.12 bits per heavy atom. The van der Waals surface area contributed by atoms with E-state index in [1.807, 2.05) is 16.3 Å². The summed E-state index contributed by atoms with van der Waals surface area (Å²) >= 11 is 0. The van der Waals surface area contributed by atoms with E-state index in [4.69, 9.17) is 0 Å². The van der Waals surface area contributed by atoms with Gasteiger partial charge < -0.3 is 9.47 Å². The van der Waals surface area contributed by atoms with Gasteiger partial charge in [-0.1, -0.05) is 0 Å². The van der Waals surface area contributed by atoms with Gasteiger partial charge >= 0.3 is 0 Å². The summed E-state index contributed by atoms with van der Waals surface area (Å²) < 4.78 is 3.88. The van der Waals surface area contributed by atoms with Crippen LogP contribution in [0.4, 0.5) is 0 Å². The third kappa shape index (κ3) is 2.65. The first-order valence-electron chi connectivity index (χ1n) is 8.56. The monoisotopic (exact) mass is 352 g/mol. The van der Waals surface area contributed by atoms with Crippen molar-refractivity contribution in [2.75, 3.05) is 6.54 Å². The van der Waals surface area contributed by atoms with Crippen molar-refractivity contribution in [1.29, 1.82) is 0 Å². The Hall–Kier alpha value is -3.10. The minimum absolute atomic E-state index is 0.121. The molecule has 0 atom stereocenters. The van der Waals surface area contributed by atoms with Gasteiger partial charge in [0.15, 0.2) is 5.82 Å². The van der Waals surface area contributed by atoms with Crippen molar-refractivity contribution < 1.29 is 4.79 Å². The smallest absolute Gasteiger partial charge is 0.274 e. The quantitative estimate of drug-likeness (QED) is 0.704. The van der Waals surface area contributed by atoms with Gasteiger partial charge in [-0.15, -0.1) is 10.2 Å². The van der Waals surface area contributed by atoms with Crippen LogP contribution in [0.25, 0.3) is 11.5 Å². The summed E-state index contributed by atoms with van der Waals surface area (Å²) in [7, 11) is 1.93. The lowest BCUT2D eigenvalue weighted by atomic mass is 10.0. The topological polar surface area (TPSA) is 94.6 Å². The molecule has 0 aromatic carbocycles. The molecular weight excluding hydrogens is 332 g/mol. The lowest BCUT2D eigenvalue weighted by molar-refractivity contribution is 0.0727. The predicted molar refractivity (Wildman–Crippen MR) is 93.1 cm³/mol. The average Bonchev–Trinajstić information content (AvgIpc) is 3.26. The first kappa shape index (κ1) is 16.4. The van der Waals surface area contributed by atoms with Gasteiger partial charge in [0.25, 0.3) is 5.91 Å². The van der Waals surface area contributed by atoms with Crippen molar-refractivity contribution in [2.45, 2.75) is 32.9 Å². The normalized spacial score (nSPS) is 13.9. The molecule has 1 aliphatic rings. The van der Waals surface area contributed by atoms with Crippen molar-refractivity contribution >= 4 is 5.91 Å². The fraction of sp³-hybridized carbons (Fsp3) is 0.412. The lowest BCUT2D eigenvalue weighted by Crippen LogP contribution is -2.36. The molecule has 0 N–H and O–H groups in total. The Morgan fingerprint density at radius 3 is 2.85 bits per heavy atom. The van der Waals surface area contributed by atoms with E-state index in [1.54, 1.807) is 17.4 Å². The fourth-order valence-corrected chi connectivity index (χ4v) is 3.31. The largest absolute Gasteiger partial charge is 0.332 e. The van der Waals surface area contributed by atoms with Crippen LogP contribution in [-0.2, 0) is 20.0 Å². The second kappa shape index (κ2) is 6.32. The Morgan fingerprint density at radius 1 is 1.27 bits per heavy atom. The van der Waals surface area contributed by atoms with E-state index < -0.39 is 0 Å². The van der Waals surface area contributed by atoms with Gasteiger partial charge in [0.1, 0.15) is 17.7 Å². The van der Waals surface area contributed by atoms with E-state index in [2.05, 4.69) is 39.1 Å². The Bertz CT molecular complexity index is 943. The summed E-state index contributed by atoms with van der Waals surface area (Å²) in [6, 6.07) is 0.221. The highest BCUT2D eigenvalue weighted by Gasteiger charge is 2.30. The number of hydrogen-bond donors (Lipinski definition) is 0. The highest BCUT2D eigenvalue weighted by molar-refractivity contribution is 5.92. The van der Waals surface area contributed by atoms with Crippen LogP contribution in [0.2, 0.25) is 0 Å². The number of nitrogens with zero attached hydrogens (tertiary/aromatic N) is 8. The standard InChI is InChI=1S/C17H20N8O/c1-11(2)25-10-20-21-16(25)15-12-9-24(7-4-14(12)23(3)22-15)17(26)13-8-18-5-6-19-13/h5-6,8,10-11H,4,7,9H2,1-3H3. The molecule has 0 radical (unpaired) electrons. The second-order valence-corrected chi connectivity index (χ2v) is 6.62. The van der Waals surface area contributed by atoms with E-state index in [0.717, 1.165) is 29.2 Å². The molecule has 0 aliphatic carbocycles. The number of carbonyl (C=O) groups is 1. The summed E-state index contributed by atoms with van der Waals surface area (Å²) in [6.07, 6.45) is 7.04. The van der Waals surface area contributed by atoms with Crippen LogP contribution in [0, 0.1) is 0 Å². The molecule has 9 nitrogen and oxygen atoms in total. The van der Waals surface area contributed by atoms with Crippen LogP contribution in [0.5, 0.6) is 0 Å². The molecule has 3 aromatic rings. The molecule has 4 heterocycles. The highest BCUT2D eigenvalue weighted by Crippen LogP contribution is 2.30. The van der Waals surface area contributed by atoms with Crippen molar-refractivity contribution in [3.8, 4) is 11.5 Å². The van der Waals surface area contributed by atoms with E-state index >= 15 is 0 Å². The predicted octanol–water partition coefficient (Wildman–Crippen LogP) is 1.25. The molecule has 0 saturated carbocycles. The summed E-state index contributed by atoms with van der Waals surface area (Å²) in [5, 5.41) is 13.0. The maximum atomic E-state index is 12.8. The summed E-state index contributed by atoms with van der Waals surface area (Å²) in [5.41, 5.74) is 3.28. The van der Waals surface area contributed by atoms with E-state index in [1.165, 1.54) is 12.4 Å². The second-order valence-electron chi connectivity index (χ2n) is 6.62. The first-order chi connectivity index (χ1) is 12.6. The van der Waals surface area contributed by atoms with Gasteiger partial charge in [-0.2, -0.15) is 5.10 Å². The number of carbonyl (C=O) groups excluding carboxylic acids is 1. The molecule has 0 spiro atoms. The zero-order chi connectivity index (χ0) is 18.3. The number of fused-ring (bicyclic) bond motifs is 1. The van der Waals surface area contributed by atoms with E-state index in [-0.39, 0.29) is 11.9 Å². The third-order valence-electron chi connectivity index (χ3n) is 4.65. The minimum atomic E-state index is -0.121. The van der Waals surface area contributed by atoms with Gasteiger partial charge in [-0.25, -0.2) is 4.98 Å². The first-order valence-corrected chi connectivity index (χ1v) is 8.56. The Balaban J connectivity index is 1.71. The van der Waals surface area contributed by atoms with Gasteiger partial charge in [-0.3, -0.25) is 14.5 Å². The average molecular weight is 352 g/mol. The lowest BCUT2D eigenvalue weighted by Gasteiger charge is -2.27. The molecule has 0 unspecified atom stereocenters.